The summed E-state index contributed by atoms with van der Waals surface area (Å²) in [6.07, 6.45) is 2.66. The number of nitrogens with zero attached hydrogens (tertiary/aromatic N) is 1. The normalized spacial score (nSPS) is 19.5. The number of nitrogens with one attached hydrogen (secondary N) is 2. The van der Waals surface area contributed by atoms with Crippen LogP contribution in [0.3, 0.4) is 0 Å². The lowest BCUT2D eigenvalue weighted by atomic mass is 10.2. The van der Waals surface area contributed by atoms with E-state index in [9.17, 15) is 4.79 Å². The Labute approximate surface area is 91.7 Å². The maximum Gasteiger partial charge on any atom is 0.234 e. The Morgan fingerprint density at radius 2 is 2.27 bits per heavy atom. The third-order valence-electron chi connectivity index (χ3n) is 2.50. The van der Waals surface area contributed by atoms with Gasteiger partial charge < -0.3 is 10.6 Å². The highest BCUT2D eigenvalue weighted by atomic mass is 16.2. The topological polar surface area (TPSA) is 44.4 Å². The SMILES string of the molecule is C=CCC(C)NC(=O)CN1CCNCC1. The van der Waals surface area contributed by atoms with E-state index in [-0.39, 0.29) is 11.9 Å². The van der Waals surface area contributed by atoms with Gasteiger partial charge in [-0.2, -0.15) is 0 Å². The van der Waals surface area contributed by atoms with Gasteiger partial charge in [-0.25, -0.2) is 0 Å². The molecule has 0 spiro atoms. The van der Waals surface area contributed by atoms with Gasteiger partial charge in [0.1, 0.15) is 0 Å². The van der Waals surface area contributed by atoms with Gasteiger partial charge in [0.05, 0.1) is 6.54 Å². The molecule has 4 heteroatoms. The van der Waals surface area contributed by atoms with Crippen LogP contribution in [0.5, 0.6) is 0 Å². The summed E-state index contributed by atoms with van der Waals surface area (Å²) in [5.41, 5.74) is 0. The van der Waals surface area contributed by atoms with Crippen molar-refractivity contribution in [1.29, 1.82) is 0 Å². The molecule has 1 saturated heterocycles. The van der Waals surface area contributed by atoms with Crippen molar-refractivity contribution in [2.45, 2.75) is 19.4 Å². The Kier molecular flexibility index (Phi) is 5.36. The van der Waals surface area contributed by atoms with Crippen LogP contribution >= 0.6 is 0 Å². The Bertz CT molecular complexity index is 212. The van der Waals surface area contributed by atoms with E-state index in [0.717, 1.165) is 32.6 Å². The van der Waals surface area contributed by atoms with Crippen LogP contribution in [0.25, 0.3) is 0 Å². The molecule has 0 aliphatic carbocycles. The highest BCUT2D eigenvalue weighted by Gasteiger charge is 2.14. The molecule has 15 heavy (non-hydrogen) atoms. The molecule has 86 valence electrons. The highest BCUT2D eigenvalue weighted by Crippen LogP contribution is 1.94. The van der Waals surface area contributed by atoms with E-state index < -0.39 is 0 Å². The zero-order chi connectivity index (χ0) is 11.1. The van der Waals surface area contributed by atoms with Crippen LogP contribution in [0.1, 0.15) is 13.3 Å². The fourth-order valence-electron chi connectivity index (χ4n) is 1.70. The molecule has 0 aromatic carbocycles. The maximum atomic E-state index is 11.6. The fourth-order valence-corrected chi connectivity index (χ4v) is 1.70. The predicted octanol–water partition coefficient (Wildman–Crippen LogP) is -0.0276. The first-order valence-corrected chi connectivity index (χ1v) is 5.55. The lowest BCUT2D eigenvalue weighted by molar-refractivity contribution is -0.122. The Morgan fingerprint density at radius 3 is 2.87 bits per heavy atom. The van der Waals surface area contributed by atoms with Crippen molar-refractivity contribution in [1.82, 2.24) is 15.5 Å². The molecule has 1 aliphatic rings. The second-order valence-corrected chi connectivity index (χ2v) is 4.02. The van der Waals surface area contributed by atoms with Crippen molar-refractivity contribution in [3.63, 3.8) is 0 Å². The second-order valence-electron chi connectivity index (χ2n) is 4.02. The monoisotopic (exact) mass is 211 g/mol. The molecule has 1 atom stereocenters. The first kappa shape index (κ1) is 12.2. The Hall–Kier alpha value is -0.870. The molecule has 0 bridgehead atoms. The van der Waals surface area contributed by atoms with Crippen LogP contribution in [0, 0.1) is 0 Å². The Morgan fingerprint density at radius 1 is 1.60 bits per heavy atom. The van der Waals surface area contributed by atoms with E-state index >= 15 is 0 Å². The van der Waals surface area contributed by atoms with Crippen molar-refractivity contribution >= 4 is 5.91 Å². The molecule has 0 aromatic rings. The maximum absolute atomic E-state index is 11.6. The molecule has 1 fully saturated rings. The van der Waals surface area contributed by atoms with Gasteiger partial charge in [-0.1, -0.05) is 6.08 Å². The number of carbonyl (C=O) groups is 1. The number of hydrogen-bond donors (Lipinski definition) is 2. The molecule has 1 heterocycles. The van der Waals surface area contributed by atoms with Gasteiger partial charge in [0, 0.05) is 32.2 Å². The van der Waals surface area contributed by atoms with E-state index in [4.69, 9.17) is 0 Å². The first-order valence-electron chi connectivity index (χ1n) is 5.55. The minimum Gasteiger partial charge on any atom is -0.352 e. The van der Waals surface area contributed by atoms with Crippen molar-refractivity contribution < 1.29 is 4.79 Å². The molecule has 1 aliphatic heterocycles. The van der Waals surface area contributed by atoms with Crippen molar-refractivity contribution in [3.8, 4) is 0 Å². The predicted molar refractivity (Wildman–Crippen MR) is 61.7 cm³/mol. The quantitative estimate of drug-likeness (QED) is 0.628. The summed E-state index contributed by atoms with van der Waals surface area (Å²) in [4.78, 5) is 13.8. The van der Waals surface area contributed by atoms with Crippen LogP contribution in [0.15, 0.2) is 12.7 Å². The summed E-state index contributed by atoms with van der Waals surface area (Å²) in [7, 11) is 0. The summed E-state index contributed by atoms with van der Waals surface area (Å²) < 4.78 is 0. The fraction of sp³-hybridized carbons (Fsp3) is 0.727. The van der Waals surface area contributed by atoms with Crippen LogP contribution in [0.2, 0.25) is 0 Å². The molecular formula is C11H21N3O. The number of hydrogen-bond acceptors (Lipinski definition) is 3. The first-order chi connectivity index (χ1) is 7.22. The number of amides is 1. The summed E-state index contributed by atoms with van der Waals surface area (Å²) in [6.45, 7) is 10.1. The van der Waals surface area contributed by atoms with Gasteiger partial charge in [-0.15, -0.1) is 6.58 Å². The third-order valence-corrected chi connectivity index (χ3v) is 2.50. The van der Waals surface area contributed by atoms with E-state index in [1.165, 1.54) is 0 Å². The molecule has 0 aromatic heterocycles. The molecule has 1 unspecified atom stereocenters. The molecule has 4 nitrogen and oxygen atoms in total. The van der Waals surface area contributed by atoms with Gasteiger partial charge in [0.2, 0.25) is 5.91 Å². The number of piperazine rings is 1. The average Bonchev–Trinajstić information content (AvgIpc) is 2.19. The molecule has 1 amide bonds. The van der Waals surface area contributed by atoms with E-state index in [1.807, 2.05) is 13.0 Å². The Balaban J connectivity index is 2.19. The van der Waals surface area contributed by atoms with E-state index in [1.54, 1.807) is 0 Å². The second kappa shape index (κ2) is 6.58. The minimum atomic E-state index is 0.117. The molecule has 0 radical (unpaired) electrons. The highest BCUT2D eigenvalue weighted by molar-refractivity contribution is 5.78. The number of carbonyl (C=O) groups excluding carboxylic acids is 1. The van der Waals surface area contributed by atoms with Gasteiger partial charge in [0.25, 0.3) is 0 Å². The van der Waals surface area contributed by atoms with Crippen molar-refractivity contribution in [3.05, 3.63) is 12.7 Å². The molecule has 2 N–H and O–H groups in total. The lowest BCUT2D eigenvalue weighted by Crippen LogP contribution is -2.48. The summed E-state index contributed by atoms with van der Waals surface area (Å²) in [5.74, 6) is 0.117. The van der Waals surface area contributed by atoms with Gasteiger partial charge in [-0.3, -0.25) is 9.69 Å². The smallest absolute Gasteiger partial charge is 0.234 e. The van der Waals surface area contributed by atoms with E-state index in [0.29, 0.717) is 6.54 Å². The summed E-state index contributed by atoms with van der Waals surface area (Å²) in [5, 5.41) is 6.22. The van der Waals surface area contributed by atoms with Gasteiger partial charge in [0.15, 0.2) is 0 Å². The van der Waals surface area contributed by atoms with Crippen molar-refractivity contribution in [2.24, 2.45) is 0 Å². The summed E-state index contributed by atoms with van der Waals surface area (Å²) in [6, 6.07) is 0.193. The standard InChI is InChI=1S/C11H21N3O/c1-3-4-10(2)13-11(15)9-14-7-5-12-6-8-14/h3,10,12H,1,4-9H2,2H3,(H,13,15). The minimum absolute atomic E-state index is 0.117. The third kappa shape index (κ3) is 4.95. The lowest BCUT2D eigenvalue weighted by Gasteiger charge is -2.27. The van der Waals surface area contributed by atoms with Crippen molar-refractivity contribution in [2.75, 3.05) is 32.7 Å². The van der Waals surface area contributed by atoms with Gasteiger partial charge >= 0.3 is 0 Å². The van der Waals surface area contributed by atoms with Crippen LogP contribution in [0.4, 0.5) is 0 Å². The summed E-state index contributed by atoms with van der Waals surface area (Å²) >= 11 is 0. The largest absolute Gasteiger partial charge is 0.352 e. The number of rotatable bonds is 5. The van der Waals surface area contributed by atoms with Crippen LogP contribution in [-0.2, 0) is 4.79 Å². The molecular weight excluding hydrogens is 190 g/mol. The molecule has 0 saturated carbocycles. The van der Waals surface area contributed by atoms with E-state index in [2.05, 4.69) is 22.1 Å². The zero-order valence-electron chi connectivity index (χ0n) is 9.46. The molecule has 1 rings (SSSR count). The van der Waals surface area contributed by atoms with Crippen LogP contribution in [-0.4, -0.2) is 49.6 Å². The average molecular weight is 211 g/mol. The van der Waals surface area contributed by atoms with Crippen LogP contribution < -0.4 is 10.6 Å². The zero-order valence-corrected chi connectivity index (χ0v) is 9.46. The van der Waals surface area contributed by atoms with Gasteiger partial charge in [-0.05, 0) is 13.3 Å².